The van der Waals surface area contributed by atoms with Crippen molar-refractivity contribution >= 4 is 17.0 Å². The monoisotopic (exact) mass is 375 g/mol. The van der Waals surface area contributed by atoms with Gasteiger partial charge in [-0.3, -0.25) is 4.79 Å². The zero-order valence-electron chi connectivity index (χ0n) is 17.8. The molecule has 0 N–H and O–H groups in total. The van der Waals surface area contributed by atoms with Crippen LogP contribution in [0.4, 0.5) is 5.69 Å². The van der Waals surface area contributed by atoms with Crippen molar-refractivity contribution in [1.29, 1.82) is 0 Å². The highest BCUT2D eigenvalue weighted by atomic mass is 16.1. The molecule has 0 aromatic heterocycles. The Kier molecular flexibility index (Phi) is 5.07. The van der Waals surface area contributed by atoms with Gasteiger partial charge in [0.15, 0.2) is 5.78 Å². The van der Waals surface area contributed by atoms with Crippen LogP contribution in [0.2, 0.25) is 0 Å². The first kappa shape index (κ1) is 19.2. The Morgan fingerprint density at radius 3 is 2.39 bits per heavy atom. The van der Waals surface area contributed by atoms with Gasteiger partial charge in [-0.05, 0) is 90.9 Å². The summed E-state index contributed by atoms with van der Waals surface area (Å²) < 4.78 is 0. The van der Waals surface area contributed by atoms with E-state index in [9.17, 15) is 4.79 Å². The quantitative estimate of drug-likeness (QED) is 0.624. The average Bonchev–Trinajstić information content (AvgIpc) is 2.67. The Morgan fingerprint density at radius 2 is 1.71 bits per heavy atom. The number of benzene rings is 1. The molecule has 1 aromatic rings. The van der Waals surface area contributed by atoms with Gasteiger partial charge in [0, 0.05) is 25.2 Å². The fourth-order valence-electron chi connectivity index (χ4n) is 5.44. The number of rotatable bonds is 4. The smallest absolute Gasteiger partial charge is 0.156 e. The molecular weight excluding hydrogens is 342 g/mol. The van der Waals surface area contributed by atoms with Gasteiger partial charge in [0.25, 0.3) is 0 Å². The van der Waals surface area contributed by atoms with Crippen LogP contribution in [0.1, 0.15) is 58.9 Å². The summed E-state index contributed by atoms with van der Waals surface area (Å²) in [6, 6.07) is 9.06. The molecule has 0 saturated carbocycles. The lowest BCUT2D eigenvalue weighted by molar-refractivity contribution is -0.117. The van der Waals surface area contributed by atoms with E-state index in [1.54, 1.807) is 0 Å². The Balaban J connectivity index is 1.62. The fraction of sp³-hybridized carbons (Fsp3) is 0.500. The molecule has 2 atom stereocenters. The summed E-state index contributed by atoms with van der Waals surface area (Å²) in [5, 5.41) is 0. The normalized spacial score (nSPS) is 25.9. The van der Waals surface area contributed by atoms with E-state index in [-0.39, 0.29) is 5.41 Å². The fourth-order valence-corrected chi connectivity index (χ4v) is 5.44. The molecule has 3 aliphatic rings. The number of carbonyl (C=O) groups excluding carboxylic acids is 1. The number of allylic oxidation sites excluding steroid dienone is 6. The minimum absolute atomic E-state index is 0.0907. The Bertz CT molecular complexity index is 849. The van der Waals surface area contributed by atoms with Crippen molar-refractivity contribution < 1.29 is 4.79 Å². The predicted molar refractivity (Wildman–Crippen MR) is 118 cm³/mol. The SMILES string of the molecule is CCN(CC)c1ccc(C2=CC3=CC4=CC(=O)CC(C)(C)C4CC3CC2)cc1. The van der Waals surface area contributed by atoms with Gasteiger partial charge in [-0.2, -0.15) is 0 Å². The van der Waals surface area contributed by atoms with E-state index in [2.05, 4.69) is 69.0 Å². The third-order valence-electron chi connectivity index (χ3n) is 7.10. The number of ketones is 1. The summed E-state index contributed by atoms with van der Waals surface area (Å²) in [7, 11) is 0. The lowest BCUT2D eigenvalue weighted by Crippen LogP contribution is -2.36. The lowest BCUT2D eigenvalue weighted by atomic mass is 9.60. The van der Waals surface area contributed by atoms with Gasteiger partial charge in [0.2, 0.25) is 0 Å². The van der Waals surface area contributed by atoms with Crippen LogP contribution in [-0.4, -0.2) is 18.9 Å². The second-order valence-corrected chi connectivity index (χ2v) is 9.33. The second-order valence-electron chi connectivity index (χ2n) is 9.33. The van der Waals surface area contributed by atoms with Gasteiger partial charge in [0.1, 0.15) is 0 Å². The molecule has 4 rings (SSSR count). The van der Waals surface area contributed by atoms with Gasteiger partial charge in [-0.15, -0.1) is 0 Å². The van der Waals surface area contributed by atoms with E-state index < -0.39 is 0 Å². The molecule has 0 spiro atoms. The van der Waals surface area contributed by atoms with Crippen molar-refractivity contribution in [2.24, 2.45) is 17.3 Å². The minimum atomic E-state index is 0.0907. The zero-order chi connectivity index (χ0) is 19.9. The zero-order valence-corrected chi connectivity index (χ0v) is 17.8. The van der Waals surface area contributed by atoms with Crippen LogP contribution in [0.15, 0.2) is 53.6 Å². The summed E-state index contributed by atoms with van der Waals surface area (Å²) in [6.07, 6.45) is 10.9. The summed E-state index contributed by atoms with van der Waals surface area (Å²) in [5.41, 5.74) is 6.87. The molecule has 28 heavy (non-hydrogen) atoms. The molecule has 0 aliphatic heterocycles. The van der Waals surface area contributed by atoms with Crippen LogP contribution in [0.5, 0.6) is 0 Å². The maximum absolute atomic E-state index is 12.2. The molecule has 1 aromatic carbocycles. The molecule has 2 nitrogen and oxygen atoms in total. The molecule has 3 aliphatic carbocycles. The second kappa shape index (κ2) is 7.39. The Labute approximate surface area is 170 Å². The lowest BCUT2D eigenvalue weighted by Gasteiger charge is -2.44. The Hall–Kier alpha value is -2.09. The first-order valence-corrected chi connectivity index (χ1v) is 10.9. The molecule has 0 radical (unpaired) electrons. The van der Waals surface area contributed by atoms with E-state index in [0.29, 0.717) is 24.0 Å². The van der Waals surface area contributed by atoms with E-state index in [0.717, 1.165) is 19.5 Å². The van der Waals surface area contributed by atoms with Gasteiger partial charge < -0.3 is 4.90 Å². The highest BCUT2D eigenvalue weighted by Gasteiger charge is 2.41. The molecule has 0 bridgehead atoms. The summed E-state index contributed by atoms with van der Waals surface area (Å²) in [4.78, 5) is 14.6. The van der Waals surface area contributed by atoms with Crippen molar-refractivity contribution in [3.63, 3.8) is 0 Å². The summed E-state index contributed by atoms with van der Waals surface area (Å²) >= 11 is 0. The number of nitrogens with zero attached hydrogens (tertiary/aromatic N) is 1. The standard InChI is InChI=1S/C26H33NO/c1-5-27(6-2)23-11-9-18(10-12-23)19-7-8-20-16-25-22(14-21(20)13-19)15-24(28)17-26(25,3)4/h9-15,20,25H,5-8,16-17H2,1-4H3. The minimum Gasteiger partial charge on any atom is -0.372 e. The van der Waals surface area contributed by atoms with Crippen LogP contribution in [0.3, 0.4) is 0 Å². The van der Waals surface area contributed by atoms with Crippen molar-refractivity contribution in [3.05, 3.63) is 59.2 Å². The number of hydrogen-bond acceptors (Lipinski definition) is 2. The molecule has 2 unspecified atom stereocenters. The maximum Gasteiger partial charge on any atom is 0.156 e. The van der Waals surface area contributed by atoms with Crippen molar-refractivity contribution in [2.75, 3.05) is 18.0 Å². The van der Waals surface area contributed by atoms with Crippen LogP contribution in [0, 0.1) is 17.3 Å². The molecule has 148 valence electrons. The van der Waals surface area contributed by atoms with Crippen molar-refractivity contribution in [3.8, 4) is 0 Å². The van der Waals surface area contributed by atoms with E-state index >= 15 is 0 Å². The largest absolute Gasteiger partial charge is 0.372 e. The van der Waals surface area contributed by atoms with Gasteiger partial charge in [-0.1, -0.05) is 38.1 Å². The number of anilines is 1. The third-order valence-corrected chi connectivity index (χ3v) is 7.10. The molecule has 0 heterocycles. The van der Waals surface area contributed by atoms with E-state index in [1.165, 1.54) is 40.8 Å². The summed E-state index contributed by atoms with van der Waals surface area (Å²) in [5.74, 6) is 1.47. The van der Waals surface area contributed by atoms with Crippen LogP contribution >= 0.6 is 0 Å². The first-order valence-electron chi connectivity index (χ1n) is 10.9. The molecule has 0 fully saturated rings. The van der Waals surface area contributed by atoms with Gasteiger partial charge in [0.05, 0.1) is 0 Å². The maximum atomic E-state index is 12.2. The van der Waals surface area contributed by atoms with E-state index in [1.807, 2.05) is 6.08 Å². The number of carbonyl (C=O) groups is 1. The average molecular weight is 376 g/mol. The van der Waals surface area contributed by atoms with Crippen molar-refractivity contribution in [1.82, 2.24) is 0 Å². The number of hydrogen-bond donors (Lipinski definition) is 0. The highest BCUT2D eigenvalue weighted by molar-refractivity contribution is 5.92. The van der Waals surface area contributed by atoms with Gasteiger partial charge >= 0.3 is 0 Å². The molecular formula is C26H33NO. The number of fused-ring (bicyclic) bond motifs is 2. The molecule has 0 saturated heterocycles. The molecule has 0 amide bonds. The predicted octanol–water partition coefficient (Wildman–Crippen LogP) is 6.20. The summed E-state index contributed by atoms with van der Waals surface area (Å²) in [6.45, 7) is 11.0. The van der Waals surface area contributed by atoms with Gasteiger partial charge in [-0.25, -0.2) is 0 Å². The van der Waals surface area contributed by atoms with Crippen LogP contribution in [-0.2, 0) is 4.79 Å². The van der Waals surface area contributed by atoms with Crippen LogP contribution < -0.4 is 4.90 Å². The van der Waals surface area contributed by atoms with Crippen LogP contribution in [0.25, 0.3) is 5.57 Å². The van der Waals surface area contributed by atoms with Crippen molar-refractivity contribution in [2.45, 2.75) is 53.4 Å². The topological polar surface area (TPSA) is 20.3 Å². The van der Waals surface area contributed by atoms with E-state index in [4.69, 9.17) is 0 Å². The molecule has 2 heteroatoms. The first-order chi connectivity index (χ1) is 13.4. The highest BCUT2D eigenvalue weighted by Crippen LogP contribution is 2.50. The third kappa shape index (κ3) is 3.50. The Morgan fingerprint density at radius 1 is 1.00 bits per heavy atom.